The van der Waals surface area contributed by atoms with Gasteiger partial charge in [-0.2, -0.15) is 0 Å². The molecule has 5 nitrogen and oxygen atoms in total. The Kier molecular flexibility index (Phi) is 5.28. The molecule has 0 fully saturated rings. The van der Waals surface area contributed by atoms with Crippen molar-refractivity contribution in [1.82, 2.24) is 5.32 Å². The van der Waals surface area contributed by atoms with E-state index in [1.807, 2.05) is 18.2 Å². The van der Waals surface area contributed by atoms with E-state index in [2.05, 4.69) is 10.6 Å². The summed E-state index contributed by atoms with van der Waals surface area (Å²) in [6.07, 6.45) is 1.12. The fourth-order valence-electron chi connectivity index (χ4n) is 1.95. The van der Waals surface area contributed by atoms with Gasteiger partial charge in [0.1, 0.15) is 0 Å². The maximum absolute atomic E-state index is 12.0. The average Bonchev–Trinajstić information content (AvgIpc) is 2.47. The van der Waals surface area contributed by atoms with E-state index in [1.165, 1.54) is 12.1 Å². The Morgan fingerprint density at radius 2 is 1.87 bits per heavy atom. The second-order valence-corrected chi connectivity index (χ2v) is 7.57. The summed E-state index contributed by atoms with van der Waals surface area (Å²) in [7, 11) is -3.33. The lowest BCUT2D eigenvalue weighted by Gasteiger charge is -2.12. The van der Waals surface area contributed by atoms with Crippen LogP contribution >= 0.6 is 11.6 Å². The van der Waals surface area contributed by atoms with Crippen LogP contribution in [0.2, 0.25) is 5.02 Å². The fourth-order valence-corrected chi connectivity index (χ4v) is 2.80. The van der Waals surface area contributed by atoms with Gasteiger partial charge in [0.15, 0.2) is 9.84 Å². The minimum absolute atomic E-state index is 0.157. The van der Waals surface area contributed by atoms with Crippen molar-refractivity contribution < 1.29 is 13.2 Å². The molecule has 0 aliphatic heterocycles. The molecule has 2 rings (SSSR count). The quantitative estimate of drug-likeness (QED) is 0.885. The van der Waals surface area contributed by atoms with Crippen LogP contribution in [0.4, 0.5) is 10.5 Å². The van der Waals surface area contributed by atoms with Crippen LogP contribution in [0.1, 0.15) is 11.1 Å². The standard InChI is InChI=1S/C16H17ClN2O3S/c1-11-7-8-13(23(2,21)22)9-15(11)19-16(20)18-10-12-5-3-4-6-14(12)17/h3-9H,10H2,1-2H3,(H2,18,19,20). The molecule has 0 aliphatic carbocycles. The van der Waals surface area contributed by atoms with Crippen molar-refractivity contribution >= 4 is 33.2 Å². The summed E-state index contributed by atoms with van der Waals surface area (Å²) in [5.41, 5.74) is 2.01. The zero-order chi connectivity index (χ0) is 17.0. The summed E-state index contributed by atoms with van der Waals surface area (Å²) < 4.78 is 23.2. The van der Waals surface area contributed by atoms with Crippen molar-refractivity contribution in [3.8, 4) is 0 Å². The highest BCUT2D eigenvalue weighted by atomic mass is 35.5. The number of benzene rings is 2. The molecule has 23 heavy (non-hydrogen) atoms. The van der Waals surface area contributed by atoms with E-state index >= 15 is 0 Å². The van der Waals surface area contributed by atoms with Gasteiger partial charge in [0, 0.05) is 23.5 Å². The maximum atomic E-state index is 12.0. The molecule has 122 valence electrons. The van der Waals surface area contributed by atoms with Crippen LogP contribution in [0.15, 0.2) is 47.4 Å². The van der Waals surface area contributed by atoms with E-state index in [4.69, 9.17) is 11.6 Å². The van der Waals surface area contributed by atoms with E-state index in [0.717, 1.165) is 17.4 Å². The molecule has 0 unspecified atom stereocenters. The summed E-state index contributed by atoms with van der Waals surface area (Å²) in [6, 6.07) is 11.4. The topological polar surface area (TPSA) is 75.3 Å². The van der Waals surface area contributed by atoms with Gasteiger partial charge < -0.3 is 10.6 Å². The van der Waals surface area contributed by atoms with Crippen LogP contribution in [-0.4, -0.2) is 20.7 Å². The zero-order valence-electron chi connectivity index (χ0n) is 12.8. The van der Waals surface area contributed by atoms with Crippen molar-refractivity contribution in [2.24, 2.45) is 0 Å². The molecule has 0 spiro atoms. The summed E-state index contributed by atoms with van der Waals surface area (Å²) in [6.45, 7) is 2.06. The molecule has 0 aliphatic rings. The number of halogens is 1. The van der Waals surface area contributed by atoms with E-state index in [1.54, 1.807) is 19.1 Å². The lowest BCUT2D eigenvalue weighted by atomic mass is 10.2. The molecular weight excluding hydrogens is 336 g/mol. The Balaban J connectivity index is 2.07. The number of aryl methyl sites for hydroxylation is 1. The van der Waals surface area contributed by atoms with E-state index in [9.17, 15) is 13.2 Å². The third-order valence-electron chi connectivity index (χ3n) is 3.28. The third-order valence-corrected chi connectivity index (χ3v) is 4.76. The van der Waals surface area contributed by atoms with Gasteiger partial charge in [-0.25, -0.2) is 13.2 Å². The van der Waals surface area contributed by atoms with Crippen LogP contribution in [0, 0.1) is 6.92 Å². The van der Waals surface area contributed by atoms with Crippen molar-refractivity contribution in [3.05, 3.63) is 58.6 Å². The smallest absolute Gasteiger partial charge is 0.319 e. The second-order valence-electron chi connectivity index (χ2n) is 5.15. The van der Waals surface area contributed by atoms with E-state index in [-0.39, 0.29) is 11.4 Å². The maximum Gasteiger partial charge on any atom is 0.319 e. The second kappa shape index (κ2) is 7.02. The number of rotatable bonds is 4. The van der Waals surface area contributed by atoms with E-state index < -0.39 is 15.9 Å². The van der Waals surface area contributed by atoms with Gasteiger partial charge in [-0.3, -0.25) is 0 Å². The Hall–Kier alpha value is -2.05. The Labute approximate surface area is 140 Å². The summed E-state index contributed by atoms with van der Waals surface area (Å²) in [5.74, 6) is 0. The number of carbonyl (C=O) groups is 1. The molecule has 2 aromatic rings. The van der Waals surface area contributed by atoms with Gasteiger partial charge in [-0.05, 0) is 36.2 Å². The van der Waals surface area contributed by atoms with Crippen LogP contribution < -0.4 is 10.6 Å². The first-order valence-corrected chi connectivity index (χ1v) is 9.13. The highest BCUT2D eigenvalue weighted by Gasteiger charge is 2.11. The van der Waals surface area contributed by atoms with Crippen LogP contribution in [0.5, 0.6) is 0 Å². The monoisotopic (exact) mass is 352 g/mol. The number of hydrogen-bond donors (Lipinski definition) is 2. The first-order valence-electron chi connectivity index (χ1n) is 6.86. The van der Waals surface area contributed by atoms with Gasteiger partial charge in [0.25, 0.3) is 0 Å². The number of hydrogen-bond acceptors (Lipinski definition) is 3. The van der Waals surface area contributed by atoms with Gasteiger partial charge in [-0.15, -0.1) is 0 Å². The number of urea groups is 1. The highest BCUT2D eigenvalue weighted by molar-refractivity contribution is 7.90. The molecule has 0 saturated heterocycles. The molecule has 2 N–H and O–H groups in total. The van der Waals surface area contributed by atoms with Crippen molar-refractivity contribution in [1.29, 1.82) is 0 Å². The molecule has 0 heterocycles. The van der Waals surface area contributed by atoms with Crippen molar-refractivity contribution in [2.45, 2.75) is 18.4 Å². The molecule has 7 heteroatoms. The van der Waals surface area contributed by atoms with Crippen LogP contribution in [0.3, 0.4) is 0 Å². The minimum atomic E-state index is -3.33. The summed E-state index contributed by atoms with van der Waals surface area (Å²) >= 11 is 6.03. The number of carbonyl (C=O) groups excluding carboxylic acids is 1. The molecule has 0 bridgehead atoms. The SMILES string of the molecule is Cc1ccc(S(C)(=O)=O)cc1NC(=O)NCc1ccccc1Cl. The number of nitrogens with one attached hydrogen (secondary N) is 2. The van der Waals surface area contributed by atoms with Crippen LogP contribution in [0.25, 0.3) is 0 Å². The molecule has 2 amide bonds. The molecular formula is C16H17ClN2O3S. The number of amides is 2. The van der Waals surface area contributed by atoms with Gasteiger partial charge in [0.05, 0.1) is 4.90 Å². The first-order chi connectivity index (χ1) is 10.8. The molecule has 0 radical (unpaired) electrons. The lowest BCUT2D eigenvalue weighted by molar-refractivity contribution is 0.251. The van der Waals surface area contributed by atoms with Crippen LogP contribution in [-0.2, 0) is 16.4 Å². The fraction of sp³-hybridized carbons (Fsp3) is 0.188. The predicted molar refractivity (Wildman–Crippen MR) is 91.6 cm³/mol. The molecule has 2 aromatic carbocycles. The van der Waals surface area contributed by atoms with Crippen molar-refractivity contribution in [3.63, 3.8) is 0 Å². The number of anilines is 1. The average molecular weight is 353 g/mol. The summed E-state index contributed by atoms with van der Waals surface area (Å²) in [4.78, 5) is 12.2. The van der Waals surface area contributed by atoms with Gasteiger partial charge in [-0.1, -0.05) is 35.9 Å². The van der Waals surface area contributed by atoms with Crippen molar-refractivity contribution in [2.75, 3.05) is 11.6 Å². The molecule has 0 saturated carbocycles. The third kappa shape index (κ3) is 4.71. The van der Waals surface area contributed by atoms with E-state index in [0.29, 0.717) is 10.7 Å². The highest BCUT2D eigenvalue weighted by Crippen LogP contribution is 2.20. The largest absolute Gasteiger partial charge is 0.334 e. The lowest BCUT2D eigenvalue weighted by Crippen LogP contribution is -2.28. The normalized spacial score (nSPS) is 11.1. The zero-order valence-corrected chi connectivity index (χ0v) is 14.3. The van der Waals surface area contributed by atoms with Gasteiger partial charge in [0.2, 0.25) is 0 Å². The number of sulfone groups is 1. The Morgan fingerprint density at radius 3 is 2.52 bits per heavy atom. The molecule has 0 atom stereocenters. The van der Waals surface area contributed by atoms with Gasteiger partial charge >= 0.3 is 6.03 Å². The predicted octanol–water partition coefficient (Wildman–Crippen LogP) is 3.37. The molecule has 0 aromatic heterocycles. The Bertz CT molecular complexity index is 835. The summed E-state index contributed by atoms with van der Waals surface area (Å²) in [5, 5.41) is 5.92. The minimum Gasteiger partial charge on any atom is -0.334 e. The Morgan fingerprint density at radius 1 is 1.17 bits per heavy atom. The first kappa shape index (κ1) is 17.3.